The first-order valence-electron chi connectivity index (χ1n) is 33.7. The van der Waals surface area contributed by atoms with Crippen LogP contribution < -0.4 is 5.32 Å². The highest BCUT2D eigenvalue weighted by atomic mass is 31.2. The molecule has 9 heteroatoms. The van der Waals surface area contributed by atoms with E-state index >= 15 is 0 Å². The average Bonchev–Trinajstić information content (AvgIpc) is 3.41. The maximum absolute atomic E-state index is 13.0. The third kappa shape index (κ3) is 61.8. The Morgan fingerprint density at radius 2 is 0.769 bits per heavy atom. The van der Waals surface area contributed by atoms with E-state index in [2.05, 4.69) is 67.8 Å². The predicted octanol–water partition coefficient (Wildman–Crippen LogP) is 21.2. The minimum absolute atomic E-state index is 0.0609. The third-order valence-electron chi connectivity index (χ3n) is 15.2. The largest absolute Gasteiger partial charge is 0.472 e. The molecule has 0 aliphatic carbocycles. The molecule has 0 bridgehead atoms. The number of amides is 1. The quantitative estimate of drug-likeness (QED) is 0.0243. The minimum Gasteiger partial charge on any atom is -0.387 e. The Balaban J connectivity index is 4.09. The van der Waals surface area contributed by atoms with E-state index in [0.717, 1.165) is 64.2 Å². The number of unbranched alkanes of at least 4 members (excludes halogenated alkanes) is 41. The first-order valence-corrected chi connectivity index (χ1v) is 35.2. The zero-order valence-corrected chi connectivity index (χ0v) is 53.3. The van der Waals surface area contributed by atoms with E-state index in [1.807, 2.05) is 27.2 Å². The van der Waals surface area contributed by atoms with Crippen molar-refractivity contribution in [1.29, 1.82) is 0 Å². The molecule has 0 heterocycles. The molecule has 0 fully saturated rings. The van der Waals surface area contributed by atoms with Gasteiger partial charge >= 0.3 is 7.82 Å². The second-order valence-corrected chi connectivity index (χ2v) is 25.6. The van der Waals surface area contributed by atoms with Gasteiger partial charge in [-0.1, -0.05) is 319 Å². The van der Waals surface area contributed by atoms with Gasteiger partial charge in [0, 0.05) is 6.42 Å². The molecule has 78 heavy (non-hydrogen) atoms. The number of nitrogens with zero attached hydrogens (tertiary/aromatic N) is 1. The monoisotopic (exact) mass is 1120 g/mol. The maximum Gasteiger partial charge on any atom is 0.472 e. The van der Waals surface area contributed by atoms with Gasteiger partial charge in [0.2, 0.25) is 5.91 Å². The highest BCUT2D eigenvalue weighted by Crippen LogP contribution is 2.43. The van der Waals surface area contributed by atoms with Gasteiger partial charge in [-0.15, -0.1) is 0 Å². The maximum atomic E-state index is 13.0. The van der Waals surface area contributed by atoms with E-state index in [1.165, 1.54) is 238 Å². The number of allylic oxidation sites excluding steroid dienone is 9. The fourth-order valence-corrected chi connectivity index (χ4v) is 10.8. The van der Waals surface area contributed by atoms with Crippen LogP contribution in [-0.4, -0.2) is 73.4 Å². The number of phosphoric acid groups is 1. The first-order chi connectivity index (χ1) is 38.0. The highest BCUT2D eigenvalue weighted by Gasteiger charge is 2.28. The average molecular weight is 1120 g/mol. The molecule has 3 N–H and O–H groups in total. The van der Waals surface area contributed by atoms with Gasteiger partial charge in [-0.25, -0.2) is 4.57 Å². The summed E-state index contributed by atoms with van der Waals surface area (Å²) >= 11 is 0. The van der Waals surface area contributed by atoms with Crippen LogP contribution in [0, 0.1) is 0 Å². The van der Waals surface area contributed by atoms with Crippen molar-refractivity contribution in [3.63, 3.8) is 0 Å². The van der Waals surface area contributed by atoms with Crippen LogP contribution in [0.15, 0.2) is 60.8 Å². The molecule has 8 nitrogen and oxygen atoms in total. The number of phosphoric ester groups is 1. The van der Waals surface area contributed by atoms with E-state index in [-0.39, 0.29) is 19.1 Å². The smallest absolute Gasteiger partial charge is 0.387 e. The Bertz CT molecular complexity index is 1450. The first kappa shape index (κ1) is 76.2. The summed E-state index contributed by atoms with van der Waals surface area (Å²) in [7, 11) is 1.58. The second-order valence-electron chi connectivity index (χ2n) is 24.2. The zero-order valence-electron chi connectivity index (χ0n) is 52.4. The summed E-state index contributed by atoms with van der Waals surface area (Å²) in [6.07, 6.45) is 82.1. The van der Waals surface area contributed by atoms with Gasteiger partial charge in [-0.05, 0) is 57.8 Å². The van der Waals surface area contributed by atoms with Crippen LogP contribution in [0.5, 0.6) is 0 Å². The Labute approximate surface area is 485 Å². The topological polar surface area (TPSA) is 105 Å². The SMILES string of the molecule is CC/C=C\C/C=C\C/C=C\C/C=C\CCCCCCCCCCCCCCCCC(=O)NC(COP(=O)(O)OCC[N+](C)(C)C)C(O)/C=C/CCCCCCCCCCCCCCCCCCCCCCCCCCCCC. The molecule has 0 saturated heterocycles. The molecule has 0 rings (SSSR count). The number of quaternary nitrogens is 1. The number of hydrogen-bond acceptors (Lipinski definition) is 5. The Hall–Kier alpha value is -1.80. The Kier molecular flexibility index (Phi) is 58.4. The lowest BCUT2D eigenvalue weighted by Crippen LogP contribution is -2.45. The van der Waals surface area contributed by atoms with E-state index in [1.54, 1.807) is 6.08 Å². The van der Waals surface area contributed by atoms with Crippen molar-refractivity contribution in [1.82, 2.24) is 5.32 Å². The van der Waals surface area contributed by atoms with Crippen LogP contribution >= 0.6 is 7.82 Å². The molecule has 0 aliphatic rings. The lowest BCUT2D eigenvalue weighted by atomic mass is 10.0. The van der Waals surface area contributed by atoms with E-state index in [9.17, 15) is 19.4 Å². The Morgan fingerprint density at radius 3 is 1.13 bits per heavy atom. The third-order valence-corrected chi connectivity index (χ3v) is 16.2. The fourth-order valence-electron chi connectivity index (χ4n) is 10.0. The number of rotatable bonds is 62. The second kappa shape index (κ2) is 59.8. The molecule has 0 radical (unpaired) electrons. The van der Waals surface area contributed by atoms with E-state index in [4.69, 9.17) is 9.05 Å². The van der Waals surface area contributed by atoms with Crippen molar-refractivity contribution in [2.45, 2.75) is 334 Å². The number of aliphatic hydroxyl groups is 1. The van der Waals surface area contributed by atoms with Gasteiger partial charge in [-0.2, -0.15) is 0 Å². The molecule has 1 amide bonds. The number of hydrogen-bond donors (Lipinski definition) is 3. The molecule has 458 valence electrons. The molecule has 0 aliphatic heterocycles. The summed E-state index contributed by atoms with van der Waals surface area (Å²) in [4.78, 5) is 23.4. The molecule has 0 saturated carbocycles. The van der Waals surface area contributed by atoms with Gasteiger partial charge in [-0.3, -0.25) is 13.8 Å². The summed E-state index contributed by atoms with van der Waals surface area (Å²) in [6.45, 7) is 4.75. The standard InChI is InChI=1S/C69H131N2O6P/c1-6-8-10-12-14-16-18-20-22-24-26-28-30-32-34-35-37-38-40-42-44-46-48-50-52-54-56-58-60-62-68(72)67(66-77-78(74,75)76-65-64-71(3,4)5)70-69(73)63-61-59-57-55-53-51-49-47-45-43-41-39-36-33-31-29-27-25-23-21-19-17-15-13-11-9-7-2/h9,11,15,17,21,23,27,29,60,62,67-68,72H,6-8,10,12-14,16,18-20,22,24-26,28,30-59,61,63-66H2,1-5H3,(H-,70,73,74,75)/p+1/b11-9-,17-15-,23-21-,29-27-,62-60+. The number of aliphatic hydroxyl groups excluding tert-OH is 1. The molecule has 3 atom stereocenters. The summed E-state index contributed by atoms with van der Waals surface area (Å²) in [6, 6.07) is -0.850. The molecular formula is C69H132N2O6P+. The predicted molar refractivity (Wildman–Crippen MR) is 341 cm³/mol. The molecule has 0 aromatic carbocycles. The van der Waals surface area contributed by atoms with Gasteiger partial charge in [0.1, 0.15) is 13.2 Å². The van der Waals surface area contributed by atoms with Crippen molar-refractivity contribution in [3.05, 3.63) is 60.8 Å². The van der Waals surface area contributed by atoms with E-state index < -0.39 is 20.0 Å². The van der Waals surface area contributed by atoms with Crippen molar-refractivity contribution < 1.29 is 32.9 Å². The molecular weight excluding hydrogens is 984 g/mol. The van der Waals surface area contributed by atoms with E-state index in [0.29, 0.717) is 17.4 Å². The number of likely N-dealkylation sites (N-methyl/N-ethyl adjacent to an activating group) is 1. The van der Waals surface area contributed by atoms with Gasteiger partial charge in [0.05, 0.1) is 39.9 Å². The lowest BCUT2D eigenvalue weighted by Gasteiger charge is -2.25. The summed E-state index contributed by atoms with van der Waals surface area (Å²) in [5.74, 6) is -0.175. The summed E-state index contributed by atoms with van der Waals surface area (Å²) < 4.78 is 23.8. The van der Waals surface area contributed by atoms with Gasteiger partial charge < -0.3 is 19.8 Å². The van der Waals surface area contributed by atoms with Crippen LogP contribution in [0.3, 0.4) is 0 Å². The normalized spacial score (nSPS) is 14.1. The van der Waals surface area contributed by atoms with Crippen molar-refractivity contribution >= 4 is 13.7 Å². The fraction of sp³-hybridized carbons (Fsp3) is 0.841. The van der Waals surface area contributed by atoms with Crippen LogP contribution in [0.25, 0.3) is 0 Å². The highest BCUT2D eigenvalue weighted by molar-refractivity contribution is 7.47. The van der Waals surface area contributed by atoms with Crippen LogP contribution in [-0.2, 0) is 18.4 Å². The van der Waals surface area contributed by atoms with Crippen molar-refractivity contribution in [2.24, 2.45) is 0 Å². The summed E-state index contributed by atoms with van der Waals surface area (Å²) in [5, 5.41) is 14.0. The van der Waals surface area contributed by atoms with Gasteiger partial charge in [0.25, 0.3) is 0 Å². The molecule has 0 aromatic heterocycles. The lowest BCUT2D eigenvalue weighted by molar-refractivity contribution is -0.870. The Morgan fingerprint density at radius 1 is 0.449 bits per heavy atom. The number of carbonyl (C=O) groups excluding carboxylic acids is 1. The van der Waals surface area contributed by atoms with Crippen molar-refractivity contribution in [2.75, 3.05) is 40.9 Å². The summed E-state index contributed by atoms with van der Waals surface area (Å²) in [5.41, 5.74) is 0. The van der Waals surface area contributed by atoms with Crippen LogP contribution in [0.4, 0.5) is 0 Å². The molecule has 0 spiro atoms. The molecule has 3 unspecified atom stereocenters. The minimum atomic E-state index is -4.35. The van der Waals surface area contributed by atoms with Crippen LogP contribution in [0.1, 0.15) is 322 Å². The molecule has 0 aromatic rings. The zero-order chi connectivity index (χ0) is 57.0. The number of carbonyl (C=O) groups is 1. The van der Waals surface area contributed by atoms with Crippen LogP contribution in [0.2, 0.25) is 0 Å². The van der Waals surface area contributed by atoms with Gasteiger partial charge in [0.15, 0.2) is 0 Å². The number of nitrogens with one attached hydrogen (secondary N) is 1. The van der Waals surface area contributed by atoms with Crippen molar-refractivity contribution in [3.8, 4) is 0 Å².